The third kappa shape index (κ3) is 1.75. The van der Waals surface area contributed by atoms with E-state index in [9.17, 15) is 8.78 Å². The number of benzene rings is 1. The molecular weight excluding hydrogens is 258 g/mol. The monoisotopic (exact) mass is 264 g/mol. The van der Waals surface area contributed by atoms with Gasteiger partial charge in [-0.15, -0.1) is 0 Å². The lowest BCUT2D eigenvalue weighted by Gasteiger charge is -1.99. The SMILES string of the molecule is Fc1cccc(F)c1-c1cn2cc(Cl)ccc2n1. The second-order valence-corrected chi connectivity index (χ2v) is 4.27. The van der Waals surface area contributed by atoms with Gasteiger partial charge in [0.05, 0.1) is 16.3 Å². The van der Waals surface area contributed by atoms with Gasteiger partial charge in [0, 0.05) is 12.4 Å². The molecule has 2 aromatic heterocycles. The molecule has 5 heteroatoms. The molecule has 0 saturated heterocycles. The summed E-state index contributed by atoms with van der Waals surface area (Å²) in [4.78, 5) is 4.17. The van der Waals surface area contributed by atoms with Crippen LogP contribution in [-0.2, 0) is 0 Å². The fourth-order valence-corrected chi connectivity index (χ4v) is 2.00. The van der Waals surface area contributed by atoms with Crippen molar-refractivity contribution in [3.05, 3.63) is 59.4 Å². The van der Waals surface area contributed by atoms with Gasteiger partial charge in [-0.2, -0.15) is 0 Å². The van der Waals surface area contributed by atoms with Gasteiger partial charge in [-0.3, -0.25) is 0 Å². The largest absolute Gasteiger partial charge is 0.305 e. The molecule has 0 fully saturated rings. The van der Waals surface area contributed by atoms with Crippen LogP contribution in [0.5, 0.6) is 0 Å². The summed E-state index contributed by atoms with van der Waals surface area (Å²) in [6, 6.07) is 7.08. The molecule has 0 bridgehead atoms. The molecule has 2 heterocycles. The number of imidazole rings is 1. The van der Waals surface area contributed by atoms with Crippen LogP contribution in [0.15, 0.2) is 42.7 Å². The van der Waals surface area contributed by atoms with Crippen LogP contribution in [0.25, 0.3) is 16.9 Å². The lowest BCUT2D eigenvalue weighted by atomic mass is 10.1. The van der Waals surface area contributed by atoms with Crippen LogP contribution >= 0.6 is 11.6 Å². The maximum Gasteiger partial charge on any atom is 0.137 e. The lowest BCUT2D eigenvalue weighted by molar-refractivity contribution is 0.589. The van der Waals surface area contributed by atoms with E-state index in [1.54, 1.807) is 28.9 Å². The highest BCUT2D eigenvalue weighted by Crippen LogP contribution is 2.25. The van der Waals surface area contributed by atoms with Crippen LogP contribution in [0.2, 0.25) is 5.02 Å². The summed E-state index contributed by atoms with van der Waals surface area (Å²) in [6.45, 7) is 0. The van der Waals surface area contributed by atoms with Crippen molar-refractivity contribution >= 4 is 17.2 Å². The van der Waals surface area contributed by atoms with Crippen molar-refractivity contribution in [1.82, 2.24) is 9.38 Å². The van der Waals surface area contributed by atoms with Gasteiger partial charge >= 0.3 is 0 Å². The minimum absolute atomic E-state index is 0.127. The first-order valence-corrected chi connectivity index (χ1v) is 5.61. The van der Waals surface area contributed by atoms with E-state index in [1.165, 1.54) is 18.2 Å². The molecule has 0 amide bonds. The summed E-state index contributed by atoms with van der Waals surface area (Å²) >= 11 is 5.84. The number of rotatable bonds is 1. The predicted molar refractivity (Wildman–Crippen MR) is 65.6 cm³/mol. The van der Waals surface area contributed by atoms with E-state index in [0.29, 0.717) is 10.7 Å². The minimum atomic E-state index is -0.635. The first kappa shape index (κ1) is 11.2. The quantitative estimate of drug-likeness (QED) is 0.651. The molecule has 0 N–H and O–H groups in total. The summed E-state index contributed by atoms with van der Waals surface area (Å²) < 4.78 is 28.9. The van der Waals surface area contributed by atoms with Gasteiger partial charge in [-0.1, -0.05) is 17.7 Å². The second-order valence-electron chi connectivity index (χ2n) is 3.84. The Balaban J connectivity index is 2.26. The summed E-state index contributed by atoms with van der Waals surface area (Å²) in [5, 5.41) is 0.528. The number of hydrogen-bond donors (Lipinski definition) is 0. The Labute approximate surface area is 106 Å². The highest BCUT2D eigenvalue weighted by Gasteiger charge is 2.14. The van der Waals surface area contributed by atoms with Crippen LogP contribution in [0.1, 0.15) is 0 Å². The summed E-state index contributed by atoms with van der Waals surface area (Å²) in [6.07, 6.45) is 3.18. The van der Waals surface area contributed by atoms with Crippen molar-refractivity contribution in [3.8, 4) is 11.3 Å². The Morgan fingerprint density at radius 2 is 1.72 bits per heavy atom. The maximum atomic E-state index is 13.6. The van der Waals surface area contributed by atoms with E-state index >= 15 is 0 Å². The number of hydrogen-bond acceptors (Lipinski definition) is 1. The molecule has 0 saturated carbocycles. The fourth-order valence-electron chi connectivity index (χ4n) is 1.83. The maximum absolute atomic E-state index is 13.6. The van der Waals surface area contributed by atoms with Crippen LogP contribution in [-0.4, -0.2) is 9.38 Å². The molecule has 0 aliphatic carbocycles. The van der Waals surface area contributed by atoms with Crippen molar-refractivity contribution in [3.63, 3.8) is 0 Å². The number of aromatic nitrogens is 2. The first-order chi connectivity index (χ1) is 8.65. The lowest BCUT2D eigenvalue weighted by Crippen LogP contribution is -1.89. The van der Waals surface area contributed by atoms with E-state index in [-0.39, 0.29) is 11.3 Å². The smallest absolute Gasteiger partial charge is 0.137 e. The van der Waals surface area contributed by atoms with Gasteiger partial charge in [0.1, 0.15) is 17.3 Å². The number of halogens is 3. The zero-order chi connectivity index (χ0) is 12.7. The Morgan fingerprint density at radius 3 is 2.44 bits per heavy atom. The van der Waals surface area contributed by atoms with Crippen LogP contribution < -0.4 is 0 Å². The number of fused-ring (bicyclic) bond motifs is 1. The minimum Gasteiger partial charge on any atom is -0.305 e. The Kier molecular flexibility index (Phi) is 2.52. The zero-order valence-electron chi connectivity index (χ0n) is 9.07. The molecule has 3 aromatic rings. The summed E-state index contributed by atoms with van der Waals surface area (Å²) in [5.74, 6) is -1.27. The Bertz CT molecular complexity index is 717. The second kappa shape index (κ2) is 4.07. The van der Waals surface area contributed by atoms with E-state index in [2.05, 4.69) is 4.98 Å². The first-order valence-electron chi connectivity index (χ1n) is 5.24. The highest BCUT2D eigenvalue weighted by molar-refractivity contribution is 6.30. The standard InChI is InChI=1S/C13H7ClF2N2/c14-8-4-5-12-17-11(7-18(12)6-8)13-9(15)2-1-3-10(13)16/h1-7H. The number of pyridine rings is 1. The van der Waals surface area contributed by atoms with Gasteiger partial charge < -0.3 is 4.40 Å². The molecule has 0 atom stereocenters. The van der Waals surface area contributed by atoms with Crippen molar-refractivity contribution in [2.75, 3.05) is 0 Å². The molecule has 1 aromatic carbocycles. The third-order valence-corrected chi connectivity index (χ3v) is 2.86. The van der Waals surface area contributed by atoms with Crippen molar-refractivity contribution in [2.24, 2.45) is 0 Å². The molecule has 0 aliphatic heterocycles. The number of nitrogens with zero attached hydrogens (tertiary/aromatic N) is 2. The summed E-state index contributed by atoms with van der Waals surface area (Å²) in [5.41, 5.74) is 0.697. The third-order valence-electron chi connectivity index (χ3n) is 2.63. The van der Waals surface area contributed by atoms with Gasteiger partial charge in [0.2, 0.25) is 0 Å². The van der Waals surface area contributed by atoms with Gasteiger partial charge in [0.15, 0.2) is 0 Å². The van der Waals surface area contributed by atoms with E-state index in [0.717, 1.165) is 0 Å². The molecule has 0 radical (unpaired) electrons. The molecule has 2 nitrogen and oxygen atoms in total. The predicted octanol–water partition coefficient (Wildman–Crippen LogP) is 3.93. The Hall–Kier alpha value is -1.94. The molecule has 0 spiro atoms. The summed E-state index contributed by atoms with van der Waals surface area (Å²) in [7, 11) is 0. The topological polar surface area (TPSA) is 17.3 Å². The van der Waals surface area contributed by atoms with Crippen LogP contribution in [0.3, 0.4) is 0 Å². The molecular formula is C13H7ClF2N2. The zero-order valence-corrected chi connectivity index (χ0v) is 9.83. The molecule has 0 aliphatic rings. The van der Waals surface area contributed by atoms with Crippen molar-refractivity contribution in [2.45, 2.75) is 0 Å². The van der Waals surface area contributed by atoms with Crippen molar-refractivity contribution < 1.29 is 8.78 Å². The fraction of sp³-hybridized carbons (Fsp3) is 0. The average Bonchev–Trinajstić information content (AvgIpc) is 2.71. The normalized spacial score (nSPS) is 11.1. The molecule has 90 valence electrons. The van der Waals surface area contributed by atoms with Gasteiger partial charge in [-0.05, 0) is 24.3 Å². The van der Waals surface area contributed by atoms with E-state index in [1.807, 2.05) is 0 Å². The van der Waals surface area contributed by atoms with Gasteiger partial charge in [0.25, 0.3) is 0 Å². The van der Waals surface area contributed by atoms with Crippen LogP contribution in [0, 0.1) is 11.6 Å². The molecule has 3 rings (SSSR count). The molecule has 18 heavy (non-hydrogen) atoms. The van der Waals surface area contributed by atoms with Gasteiger partial charge in [-0.25, -0.2) is 13.8 Å². The average molecular weight is 265 g/mol. The highest BCUT2D eigenvalue weighted by atomic mass is 35.5. The van der Waals surface area contributed by atoms with E-state index in [4.69, 9.17) is 11.6 Å². The van der Waals surface area contributed by atoms with E-state index < -0.39 is 11.6 Å². The molecule has 0 unspecified atom stereocenters. The van der Waals surface area contributed by atoms with Crippen molar-refractivity contribution in [1.29, 1.82) is 0 Å². The Morgan fingerprint density at radius 1 is 1.00 bits per heavy atom. The van der Waals surface area contributed by atoms with Crippen LogP contribution in [0.4, 0.5) is 8.78 Å².